The van der Waals surface area contributed by atoms with Gasteiger partial charge in [0.15, 0.2) is 5.69 Å². The fraction of sp³-hybridized carbons (Fsp3) is 0.478. The summed E-state index contributed by atoms with van der Waals surface area (Å²) in [5.74, 6) is -0.621. The van der Waals surface area contributed by atoms with Gasteiger partial charge in [0, 0.05) is 45.9 Å². The van der Waals surface area contributed by atoms with Gasteiger partial charge in [-0.3, -0.25) is 19.1 Å². The van der Waals surface area contributed by atoms with Gasteiger partial charge in [0.05, 0.1) is 6.61 Å². The number of methoxy groups -OCH3 is 1. The van der Waals surface area contributed by atoms with Crippen LogP contribution in [-0.2, 0) is 22.6 Å². The highest BCUT2D eigenvalue weighted by Crippen LogP contribution is 2.22. The quantitative estimate of drug-likeness (QED) is 0.656. The molecule has 0 aliphatic carbocycles. The van der Waals surface area contributed by atoms with Crippen molar-refractivity contribution in [3.05, 3.63) is 53.3 Å². The third kappa shape index (κ3) is 4.67. The number of nitrogens with one attached hydrogen (secondary N) is 1. The van der Waals surface area contributed by atoms with Crippen LogP contribution in [0.2, 0.25) is 0 Å². The molecule has 0 radical (unpaired) electrons. The number of carbonyl (C=O) groups excluding carboxylic acids is 3. The first-order valence-electron chi connectivity index (χ1n) is 11.1. The van der Waals surface area contributed by atoms with E-state index in [0.29, 0.717) is 51.4 Å². The van der Waals surface area contributed by atoms with E-state index >= 15 is 0 Å². The molecule has 1 unspecified atom stereocenters. The molecule has 170 valence electrons. The molecular formula is C23H29N5O4. The van der Waals surface area contributed by atoms with Crippen molar-refractivity contribution < 1.29 is 19.1 Å². The zero-order valence-corrected chi connectivity index (χ0v) is 18.3. The van der Waals surface area contributed by atoms with E-state index in [0.717, 1.165) is 18.4 Å². The summed E-state index contributed by atoms with van der Waals surface area (Å²) in [6.07, 6.45) is 2.13. The standard InChI is InChI=1S/C23H29N5O4/c1-32-14-10-24-21(29)19-9-5-12-27(19)22(30)18-15-20-23(31)26(11-6-13-28(20)25-18)16-17-7-3-2-4-8-17/h2-4,7-8,15,19H,5-6,9-14,16H2,1H3,(H,24,29). The van der Waals surface area contributed by atoms with Crippen molar-refractivity contribution in [2.24, 2.45) is 0 Å². The van der Waals surface area contributed by atoms with E-state index in [2.05, 4.69) is 10.4 Å². The van der Waals surface area contributed by atoms with Gasteiger partial charge in [-0.25, -0.2) is 0 Å². The first kappa shape index (κ1) is 22.0. The molecule has 2 aromatic rings. The van der Waals surface area contributed by atoms with Crippen LogP contribution in [0.5, 0.6) is 0 Å². The van der Waals surface area contributed by atoms with Crippen molar-refractivity contribution in [3.63, 3.8) is 0 Å². The van der Waals surface area contributed by atoms with E-state index in [9.17, 15) is 14.4 Å². The van der Waals surface area contributed by atoms with E-state index < -0.39 is 6.04 Å². The Bertz CT molecular complexity index is 974. The molecule has 1 N–H and O–H groups in total. The lowest BCUT2D eigenvalue weighted by Crippen LogP contribution is -2.46. The lowest BCUT2D eigenvalue weighted by atomic mass is 10.2. The number of amides is 3. The average Bonchev–Trinajstić information content (AvgIpc) is 3.43. The number of aryl methyl sites for hydroxylation is 1. The molecule has 3 heterocycles. The molecule has 1 aromatic carbocycles. The van der Waals surface area contributed by atoms with Gasteiger partial charge in [0.25, 0.3) is 11.8 Å². The summed E-state index contributed by atoms with van der Waals surface area (Å²) in [7, 11) is 1.57. The van der Waals surface area contributed by atoms with Crippen molar-refractivity contribution in [2.45, 2.75) is 38.4 Å². The second kappa shape index (κ2) is 9.95. The Morgan fingerprint density at radius 3 is 2.75 bits per heavy atom. The molecule has 2 aliphatic rings. The summed E-state index contributed by atoms with van der Waals surface area (Å²) in [5.41, 5.74) is 1.69. The molecule has 0 saturated carbocycles. The van der Waals surface area contributed by atoms with Gasteiger partial charge >= 0.3 is 0 Å². The number of hydrogen-bond acceptors (Lipinski definition) is 5. The summed E-state index contributed by atoms with van der Waals surface area (Å²) >= 11 is 0. The minimum Gasteiger partial charge on any atom is -0.383 e. The maximum Gasteiger partial charge on any atom is 0.275 e. The van der Waals surface area contributed by atoms with Crippen molar-refractivity contribution in [1.29, 1.82) is 0 Å². The first-order chi connectivity index (χ1) is 15.6. The molecule has 0 spiro atoms. The Kier molecular flexibility index (Phi) is 6.84. The zero-order valence-electron chi connectivity index (χ0n) is 18.3. The minimum absolute atomic E-state index is 0.131. The van der Waals surface area contributed by atoms with Crippen molar-refractivity contribution in [1.82, 2.24) is 24.9 Å². The van der Waals surface area contributed by atoms with Crippen LogP contribution < -0.4 is 5.32 Å². The van der Waals surface area contributed by atoms with Gasteiger partial charge in [-0.1, -0.05) is 30.3 Å². The Hall–Kier alpha value is -3.20. The van der Waals surface area contributed by atoms with Gasteiger partial charge in [0.1, 0.15) is 11.7 Å². The molecular weight excluding hydrogens is 410 g/mol. The number of carbonyl (C=O) groups is 3. The predicted octanol–water partition coefficient (Wildman–Crippen LogP) is 1.30. The van der Waals surface area contributed by atoms with Crippen molar-refractivity contribution in [3.8, 4) is 0 Å². The number of benzene rings is 1. The van der Waals surface area contributed by atoms with Crippen LogP contribution in [0, 0.1) is 0 Å². The molecule has 1 atom stereocenters. The fourth-order valence-corrected chi connectivity index (χ4v) is 4.32. The van der Waals surface area contributed by atoms with Gasteiger partial charge in [-0.05, 0) is 24.8 Å². The molecule has 1 aromatic heterocycles. The van der Waals surface area contributed by atoms with Crippen LogP contribution >= 0.6 is 0 Å². The monoisotopic (exact) mass is 439 g/mol. The molecule has 4 rings (SSSR count). The van der Waals surface area contributed by atoms with Crippen molar-refractivity contribution >= 4 is 17.7 Å². The van der Waals surface area contributed by atoms with E-state index in [1.54, 1.807) is 27.7 Å². The number of hydrogen-bond donors (Lipinski definition) is 1. The minimum atomic E-state index is -0.522. The largest absolute Gasteiger partial charge is 0.383 e. The van der Waals surface area contributed by atoms with Crippen LogP contribution in [0.4, 0.5) is 0 Å². The lowest BCUT2D eigenvalue weighted by Gasteiger charge is -2.23. The van der Waals surface area contributed by atoms with Crippen molar-refractivity contribution in [2.75, 3.05) is 33.4 Å². The smallest absolute Gasteiger partial charge is 0.275 e. The maximum absolute atomic E-state index is 13.2. The highest BCUT2D eigenvalue weighted by Gasteiger charge is 2.36. The number of ether oxygens (including phenoxy) is 1. The van der Waals surface area contributed by atoms with Crippen LogP contribution in [0.1, 0.15) is 45.8 Å². The number of likely N-dealkylation sites (tertiary alicyclic amines) is 1. The van der Waals surface area contributed by atoms with Gasteiger partial charge < -0.3 is 19.9 Å². The Balaban J connectivity index is 1.48. The van der Waals surface area contributed by atoms with Crippen LogP contribution in [0.25, 0.3) is 0 Å². The topological polar surface area (TPSA) is 96.8 Å². The highest BCUT2D eigenvalue weighted by atomic mass is 16.5. The molecule has 3 amide bonds. The first-order valence-corrected chi connectivity index (χ1v) is 11.1. The van der Waals surface area contributed by atoms with E-state index in [-0.39, 0.29) is 23.4 Å². The van der Waals surface area contributed by atoms with Gasteiger partial charge in [-0.2, -0.15) is 5.10 Å². The molecule has 9 heteroatoms. The number of fused-ring (bicyclic) bond motifs is 1. The Labute approximate surface area is 187 Å². The summed E-state index contributed by atoms with van der Waals surface area (Å²) in [6.45, 7) is 3.04. The molecule has 0 bridgehead atoms. The van der Waals surface area contributed by atoms with Crippen LogP contribution in [0.15, 0.2) is 36.4 Å². The molecule has 32 heavy (non-hydrogen) atoms. The molecule has 9 nitrogen and oxygen atoms in total. The average molecular weight is 440 g/mol. The van der Waals surface area contributed by atoms with E-state index in [4.69, 9.17) is 4.74 Å². The normalized spacial score (nSPS) is 18.4. The predicted molar refractivity (Wildman–Crippen MR) is 117 cm³/mol. The van der Waals surface area contributed by atoms with Gasteiger partial charge in [0.2, 0.25) is 5.91 Å². The third-order valence-corrected chi connectivity index (χ3v) is 5.94. The molecule has 1 saturated heterocycles. The third-order valence-electron chi connectivity index (χ3n) is 5.94. The number of nitrogens with zero attached hydrogens (tertiary/aromatic N) is 4. The SMILES string of the molecule is COCCNC(=O)C1CCCN1C(=O)c1cc2n(n1)CCCN(Cc1ccccc1)C2=O. The highest BCUT2D eigenvalue weighted by molar-refractivity contribution is 6.00. The van der Waals surface area contributed by atoms with E-state index in [1.165, 1.54) is 0 Å². The summed E-state index contributed by atoms with van der Waals surface area (Å²) < 4.78 is 6.60. The van der Waals surface area contributed by atoms with E-state index in [1.807, 2.05) is 30.3 Å². The Morgan fingerprint density at radius 1 is 1.16 bits per heavy atom. The summed E-state index contributed by atoms with van der Waals surface area (Å²) in [5, 5.41) is 7.25. The maximum atomic E-state index is 13.2. The van der Waals surface area contributed by atoms with Crippen LogP contribution in [0.3, 0.4) is 0 Å². The molecule has 2 aliphatic heterocycles. The van der Waals surface area contributed by atoms with Crippen LogP contribution in [-0.4, -0.2) is 76.7 Å². The number of aromatic nitrogens is 2. The second-order valence-electron chi connectivity index (χ2n) is 8.14. The molecule has 1 fully saturated rings. The summed E-state index contributed by atoms with van der Waals surface area (Å²) in [6, 6.07) is 10.9. The summed E-state index contributed by atoms with van der Waals surface area (Å²) in [4.78, 5) is 42.3. The second-order valence-corrected chi connectivity index (χ2v) is 8.14. The lowest BCUT2D eigenvalue weighted by molar-refractivity contribution is -0.125. The Morgan fingerprint density at radius 2 is 1.97 bits per heavy atom. The van der Waals surface area contributed by atoms with Gasteiger partial charge in [-0.15, -0.1) is 0 Å². The number of rotatable bonds is 7. The fourth-order valence-electron chi connectivity index (χ4n) is 4.32. The zero-order chi connectivity index (χ0) is 22.5.